The molecule has 1 amide bonds. The first-order chi connectivity index (χ1) is 16.0. The highest BCUT2D eigenvalue weighted by molar-refractivity contribution is 7.15. The minimum Gasteiger partial charge on any atom is -0.497 e. The first-order valence-electron chi connectivity index (χ1n) is 9.81. The Hall–Kier alpha value is -3.77. The van der Waals surface area contributed by atoms with E-state index in [4.69, 9.17) is 9.47 Å². The quantitative estimate of drug-likeness (QED) is 0.381. The number of rotatable bonds is 8. The molecule has 0 radical (unpaired) electrons. The summed E-state index contributed by atoms with van der Waals surface area (Å²) in [4.78, 5) is 37.9. The molecule has 170 valence electrons. The zero-order valence-electron chi connectivity index (χ0n) is 17.7. The summed E-state index contributed by atoms with van der Waals surface area (Å²) in [6.07, 6.45) is 0. The lowest BCUT2D eigenvalue weighted by Crippen LogP contribution is -2.29. The molecule has 0 saturated heterocycles. The molecule has 0 atom stereocenters. The molecular weight excluding hydrogens is 466 g/mol. The number of nitrogens with one attached hydrogen (secondary N) is 1. The van der Waals surface area contributed by atoms with E-state index in [9.17, 15) is 14.4 Å². The van der Waals surface area contributed by atoms with Gasteiger partial charge in [-0.15, -0.1) is 22.7 Å². The Morgan fingerprint density at radius 1 is 1.12 bits per heavy atom. The van der Waals surface area contributed by atoms with Crippen molar-refractivity contribution in [3.8, 4) is 21.9 Å². The van der Waals surface area contributed by atoms with Gasteiger partial charge in [-0.2, -0.15) is 9.36 Å². The van der Waals surface area contributed by atoms with Gasteiger partial charge in [-0.25, -0.2) is 9.59 Å². The molecule has 0 bridgehead atoms. The first kappa shape index (κ1) is 22.4. The number of amides is 1. The van der Waals surface area contributed by atoms with Crippen molar-refractivity contribution in [3.63, 3.8) is 0 Å². The van der Waals surface area contributed by atoms with Crippen molar-refractivity contribution >= 4 is 39.6 Å². The Kier molecular flexibility index (Phi) is 6.66. The maximum absolute atomic E-state index is 12.7. The van der Waals surface area contributed by atoms with E-state index in [-0.39, 0.29) is 18.7 Å². The second-order valence-corrected chi connectivity index (χ2v) is 8.44. The number of benzene rings is 1. The third-order valence-corrected chi connectivity index (χ3v) is 6.31. The molecule has 0 unspecified atom stereocenters. The molecule has 0 aliphatic rings. The van der Waals surface area contributed by atoms with Crippen molar-refractivity contribution in [2.75, 3.05) is 19.0 Å². The number of aromatic nitrogens is 4. The fourth-order valence-electron chi connectivity index (χ4n) is 3.04. The summed E-state index contributed by atoms with van der Waals surface area (Å²) in [6.45, 7) is 1.53. The molecule has 4 rings (SSSR count). The first-order valence-corrected chi connectivity index (χ1v) is 11.6. The third-order valence-electron chi connectivity index (χ3n) is 4.57. The monoisotopic (exact) mass is 485 g/mol. The molecule has 1 N–H and O–H groups in total. The summed E-state index contributed by atoms with van der Waals surface area (Å²) in [5.74, 6) is -0.397. The molecule has 3 heterocycles. The zero-order valence-corrected chi connectivity index (χ0v) is 19.3. The summed E-state index contributed by atoms with van der Waals surface area (Å²) >= 11 is 2.52. The Morgan fingerprint density at radius 2 is 1.91 bits per heavy atom. The van der Waals surface area contributed by atoms with Crippen molar-refractivity contribution in [3.05, 3.63) is 63.2 Å². The largest absolute Gasteiger partial charge is 0.497 e. The molecule has 4 aromatic rings. The van der Waals surface area contributed by atoms with E-state index in [2.05, 4.69) is 15.7 Å². The molecule has 0 saturated carbocycles. The van der Waals surface area contributed by atoms with Crippen LogP contribution in [0.25, 0.3) is 16.1 Å². The number of esters is 1. The van der Waals surface area contributed by atoms with Gasteiger partial charge in [-0.05, 0) is 52.6 Å². The number of methoxy groups -OCH3 is 1. The van der Waals surface area contributed by atoms with Crippen LogP contribution in [-0.2, 0) is 16.1 Å². The lowest BCUT2D eigenvalue weighted by Gasteiger charge is -2.09. The van der Waals surface area contributed by atoms with Crippen LogP contribution in [-0.4, -0.2) is 45.4 Å². The van der Waals surface area contributed by atoms with Crippen molar-refractivity contribution in [1.29, 1.82) is 0 Å². The number of anilines is 1. The average Bonchev–Trinajstić information content (AvgIpc) is 3.55. The van der Waals surface area contributed by atoms with E-state index < -0.39 is 17.6 Å². The second-order valence-electron chi connectivity index (χ2n) is 6.63. The summed E-state index contributed by atoms with van der Waals surface area (Å²) in [7, 11) is 1.57. The molecule has 0 fully saturated rings. The normalized spacial score (nSPS) is 10.7. The van der Waals surface area contributed by atoms with E-state index in [1.54, 1.807) is 43.7 Å². The number of ether oxygens (including phenoxy) is 2. The number of hydrogen-bond acceptors (Lipinski definition) is 9. The maximum Gasteiger partial charge on any atom is 0.369 e. The molecule has 0 aliphatic heterocycles. The topological polar surface area (TPSA) is 117 Å². The van der Waals surface area contributed by atoms with E-state index in [1.807, 2.05) is 17.5 Å². The van der Waals surface area contributed by atoms with E-state index >= 15 is 0 Å². The van der Waals surface area contributed by atoms with Crippen LogP contribution in [0.2, 0.25) is 0 Å². The average molecular weight is 486 g/mol. The van der Waals surface area contributed by atoms with Crippen LogP contribution in [0.3, 0.4) is 0 Å². The molecule has 0 aliphatic carbocycles. The van der Waals surface area contributed by atoms with Crippen LogP contribution in [0, 0.1) is 0 Å². The lowest BCUT2D eigenvalue weighted by molar-refractivity contribution is -0.117. The highest BCUT2D eigenvalue weighted by Gasteiger charge is 2.23. The van der Waals surface area contributed by atoms with Crippen LogP contribution >= 0.6 is 22.7 Å². The van der Waals surface area contributed by atoms with Gasteiger partial charge >= 0.3 is 11.7 Å². The van der Waals surface area contributed by atoms with Crippen LogP contribution in [0.5, 0.6) is 5.75 Å². The number of carbonyl (C=O) groups is 2. The van der Waals surface area contributed by atoms with Crippen LogP contribution in [0.15, 0.2) is 52.0 Å². The summed E-state index contributed by atoms with van der Waals surface area (Å²) in [6, 6.07) is 10.7. The summed E-state index contributed by atoms with van der Waals surface area (Å²) < 4.78 is 12.5. The second kappa shape index (κ2) is 9.79. The predicted octanol–water partition coefficient (Wildman–Crippen LogP) is 3.04. The van der Waals surface area contributed by atoms with Crippen LogP contribution in [0.1, 0.15) is 17.3 Å². The van der Waals surface area contributed by atoms with Crippen molar-refractivity contribution in [2.24, 2.45) is 0 Å². The number of hydrogen-bond donors (Lipinski definition) is 1. The van der Waals surface area contributed by atoms with Gasteiger partial charge in [0.15, 0.2) is 0 Å². The molecular formula is C21H19N5O5S2. The Morgan fingerprint density at radius 3 is 2.58 bits per heavy atom. The fourth-order valence-corrected chi connectivity index (χ4v) is 4.68. The molecule has 0 spiro atoms. The van der Waals surface area contributed by atoms with Gasteiger partial charge in [-0.3, -0.25) is 4.79 Å². The molecule has 1 aromatic carbocycles. The Bertz CT molecular complexity index is 1320. The Balaban J connectivity index is 1.58. The van der Waals surface area contributed by atoms with Crippen molar-refractivity contribution in [1.82, 2.24) is 19.8 Å². The van der Waals surface area contributed by atoms with E-state index in [0.717, 1.165) is 14.9 Å². The van der Waals surface area contributed by atoms with Gasteiger partial charge in [0.2, 0.25) is 5.91 Å². The number of carbonyl (C=O) groups excluding carboxylic acids is 2. The minimum atomic E-state index is -0.555. The molecule has 12 heteroatoms. The van der Waals surface area contributed by atoms with Crippen molar-refractivity contribution < 1.29 is 19.1 Å². The number of nitrogens with zero attached hydrogens (tertiary/aromatic N) is 4. The summed E-state index contributed by atoms with van der Waals surface area (Å²) in [5.41, 5.74) is 1.10. The smallest absolute Gasteiger partial charge is 0.369 e. The SMILES string of the molecule is CCOC(=O)c1c(-c2ccc(OC)cc2)csc1NC(=O)Cn1nnn(-c2cccs2)c1=O. The van der Waals surface area contributed by atoms with Gasteiger partial charge < -0.3 is 14.8 Å². The minimum absolute atomic E-state index is 0.186. The van der Waals surface area contributed by atoms with Crippen LogP contribution < -0.4 is 15.7 Å². The van der Waals surface area contributed by atoms with Gasteiger partial charge in [0.05, 0.1) is 13.7 Å². The maximum atomic E-state index is 12.7. The standard InChI is InChI=1S/C21H19N5O5S2/c1-3-31-20(28)18-15(13-6-8-14(30-2)9-7-13)12-33-19(18)22-16(27)11-25-21(29)26(24-23-25)17-5-4-10-32-17/h4-10,12H,3,11H2,1-2H3,(H,22,27). The van der Waals surface area contributed by atoms with Crippen molar-refractivity contribution in [2.45, 2.75) is 13.5 Å². The lowest BCUT2D eigenvalue weighted by atomic mass is 10.0. The highest BCUT2D eigenvalue weighted by atomic mass is 32.1. The van der Waals surface area contributed by atoms with Gasteiger partial charge in [-0.1, -0.05) is 12.1 Å². The van der Waals surface area contributed by atoms with Gasteiger partial charge in [0.25, 0.3) is 0 Å². The molecule has 33 heavy (non-hydrogen) atoms. The summed E-state index contributed by atoms with van der Waals surface area (Å²) in [5, 5.41) is 14.8. The van der Waals surface area contributed by atoms with E-state index in [0.29, 0.717) is 21.3 Å². The third kappa shape index (κ3) is 4.71. The van der Waals surface area contributed by atoms with Gasteiger partial charge in [0, 0.05) is 10.9 Å². The van der Waals surface area contributed by atoms with E-state index in [1.165, 1.54) is 22.7 Å². The van der Waals surface area contributed by atoms with Crippen LogP contribution in [0.4, 0.5) is 5.00 Å². The number of thiophene rings is 2. The van der Waals surface area contributed by atoms with Gasteiger partial charge in [0.1, 0.15) is 27.9 Å². The number of tetrazole rings is 1. The predicted molar refractivity (Wildman–Crippen MR) is 124 cm³/mol. The molecule has 3 aromatic heterocycles. The fraction of sp³-hybridized carbons (Fsp3) is 0.190. The Labute approximate surface area is 196 Å². The zero-order chi connectivity index (χ0) is 23.4. The highest BCUT2D eigenvalue weighted by Crippen LogP contribution is 2.36. The molecule has 10 nitrogen and oxygen atoms in total.